The summed E-state index contributed by atoms with van der Waals surface area (Å²) in [6.07, 6.45) is 0.796. The number of anilines is 1. The van der Waals surface area contributed by atoms with Crippen molar-refractivity contribution in [2.75, 3.05) is 23.1 Å². The van der Waals surface area contributed by atoms with Gasteiger partial charge in [0.05, 0.1) is 10.6 Å². The Balaban J connectivity index is 1.56. The topological polar surface area (TPSA) is 66.5 Å². The van der Waals surface area contributed by atoms with Gasteiger partial charge in [-0.15, -0.1) is 0 Å². The number of nitrogens with one attached hydrogen (secondary N) is 1. The first kappa shape index (κ1) is 25.1. The number of rotatable bonds is 11. The van der Waals surface area contributed by atoms with E-state index in [0.29, 0.717) is 17.3 Å². The number of benzene rings is 3. The molecule has 0 aliphatic heterocycles. The highest BCUT2D eigenvalue weighted by Gasteiger charge is 2.27. The standard InChI is InChI=1S/C25H27ClN2O3S2/c1-20-11-13-21(14-12-20)19-32-16-6-15-27-25(29)18-28(23-8-5-7-22(26)17-23)33(30,31)24-9-3-2-4-10-24/h2-5,7-14,17H,6,15-16,18-19H2,1H3,(H,27,29). The molecular formula is C25H27ClN2O3S2. The van der Waals surface area contributed by atoms with Crippen LogP contribution in [0.3, 0.4) is 0 Å². The van der Waals surface area contributed by atoms with Crippen LogP contribution in [0.5, 0.6) is 0 Å². The lowest BCUT2D eigenvalue weighted by molar-refractivity contribution is -0.119. The van der Waals surface area contributed by atoms with E-state index in [9.17, 15) is 13.2 Å². The van der Waals surface area contributed by atoms with Gasteiger partial charge < -0.3 is 5.32 Å². The summed E-state index contributed by atoms with van der Waals surface area (Å²) in [4.78, 5) is 12.7. The van der Waals surface area contributed by atoms with Crippen LogP contribution >= 0.6 is 23.4 Å². The molecule has 0 spiro atoms. The van der Waals surface area contributed by atoms with Gasteiger partial charge in [0.1, 0.15) is 6.54 Å². The van der Waals surface area contributed by atoms with E-state index in [-0.39, 0.29) is 17.3 Å². The van der Waals surface area contributed by atoms with Gasteiger partial charge in [-0.1, -0.05) is 65.7 Å². The van der Waals surface area contributed by atoms with Gasteiger partial charge >= 0.3 is 0 Å². The molecule has 0 aliphatic rings. The summed E-state index contributed by atoms with van der Waals surface area (Å²) in [5, 5.41) is 3.23. The Morgan fingerprint density at radius 3 is 2.42 bits per heavy atom. The van der Waals surface area contributed by atoms with Crippen LogP contribution in [0.1, 0.15) is 17.5 Å². The van der Waals surface area contributed by atoms with Crippen molar-refractivity contribution in [2.45, 2.75) is 24.0 Å². The predicted molar refractivity (Wildman–Crippen MR) is 137 cm³/mol. The van der Waals surface area contributed by atoms with Crippen LogP contribution in [0.25, 0.3) is 0 Å². The number of halogens is 1. The van der Waals surface area contributed by atoms with Crippen LogP contribution < -0.4 is 9.62 Å². The van der Waals surface area contributed by atoms with Crippen LogP contribution in [0.15, 0.2) is 83.8 Å². The lowest BCUT2D eigenvalue weighted by Crippen LogP contribution is -2.41. The first-order valence-corrected chi connectivity index (χ1v) is 13.6. The van der Waals surface area contributed by atoms with Gasteiger partial charge in [-0.05, 0) is 55.0 Å². The summed E-state index contributed by atoms with van der Waals surface area (Å²) in [7, 11) is -3.93. The molecule has 0 aliphatic carbocycles. The van der Waals surface area contributed by atoms with Gasteiger partial charge in [0.2, 0.25) is 5.91 Å². The molecule has 0 saturated carbocycles. The normalized spacial score (nSPS) is 11.2. The molecule has 1 N–H and O–H groups in total. The molecule has 8 heteroatoms. The summed E-state index contributed by atoms with van der Waals surface area (Å²) in [6.45, 7) is 2.22. The highest BCUT2D eigenvalue weighted by molar-refractivity contribution is 7.98. The highest BCUT2D eigenvalue weighted by Crippen LogP contribution is 2.26. The summed E-state index contributed by atoms with van der Waals surface area (Å²) in [5.74, 6) is 1.46. The van der Waals surface area contributed by atoms with Crippen LogP contribution in [-0.4, -0.2) is 33.2 Å². The highest BCUT2D eigenvalue weighted by atomic mass is 35.5. The molecule has 0 saturated heterocycles. The maximum absolute atomic E-state index is 13.2. The third-order valence-corrected chi connectivity index (χ3v) is 8.03. The quantitative estimate of drug-likeness (QED) is 0.362. The fraction of sp³-hybridized carbons (Fsp3) is 0.240. The molecular weight excluding hydrogens is 476 g/mol. The summed E-state index contributed by atoms with van der Waals surface area (Å²) in [6, 6.07) is 23.0. The fourth-order valence-electron chi connectivity index (χ4n) is 3.13. The molecule has 3 aromatic carbocycles. The van der Waals surface area contributed by atoms with Crippen molar-refractivity contribution >= 4 is 45.0 Å². The van der Waals surface area contributed by atoms with Crippen molar-refractivity contribution in [3.8, 4) is 0 Å². The van der Waals surface area contributed by atoms with Crippen molar-refractivity contribution in [2.24, 2.45) is 0 Å². The SMILES string of the molecule is Cc1ccc(CSCCCNC(=O)CN(c2cccc(Cl)c2)S(=O)(=O)c2ccccc2)cc1. The Morgan fingerprint density at radius 1 is 1.00 bits per heavy atom. The van der Waals surface area contributed by atoms with Crippen molar-refractivity contribution < 1.29 is 13.2 Å². The molecule has 174 valence electrons. The molecule has 0 heterocycles. The monoisotopic (exact) mass is 502 g/mol. The van der Waals surface area contributed by atoms with E-state index in [1.807, 2.05) is 0 Å². The van der Waals surface area contributed by atoms with Crippen LogP contribution in [-0.2, 0) is 20.6 Å². The molecule has 0 bridgehead atoms. The van der Waals surface area contributed by atoms with E-state index in [1.54, 1.807) is 48.2 Å². The number of nitrogens with zero attached hydrogens (tertiary/aromatic N) is 1. The lowest BCUT2D eigenvalue weighted by Gasteiger charge is -2.24. The molecule has 0 atom stereocenters. The molecule has 33 heavy (non-hydrogen) atoms. The van der Waals surface area contributed by atoms with Crippen molar-refractivity contribution in [3.63, 3.8) is 0 Å². The average Bonchev–Trinajstić information content (AvgIpc) is 2.81. The van der Waals surface area contributed by atoms with Crippen molar-refractivity contribution in [1.29, 1.82) is 0 Å². The molecule has 3 aromatic rings. The molecule has 0 fully saturated rings. The van der Waals surface area contributed by atoms with E-state index in [4.69, 9.17) is 11.6 Å². The molecule has 5 nitrogen and oxygen atoms in total. The smallest absolute Gasteiger partial charge is 0.264 e. The molecule has 1 amide bonds. The number of sulfonamides is 1. The second-order valence-corrected chi connectivity index (χ2v) is 11.0. The van der Waals surface area contributed by atoms with Gasteiger partial charge in [0.25, 0.3) is 10.0 Å². The lowest BCUT2D eigenvalue weighted by atomic mass is 10.2. The number of amides is 1. The van der Waals surface area contributed by atoms with Gasteiger partial charge in [0.15, 0.2) is 0 Å². The number of hydrogen-bond acceptors (Lipinski definition) is 4. The zero-order chi connectivity index (χ0) is 23.7. The first-order chi connectivity index (χ1) is 15.9. The van der Waals surface area contributed by atoms with E-state index in [1.165, 1.54) is 29.3 Å². The minimum absolute atomic E-state index is 0.116. The van der Waals surface area contributed by atoms with Gasteiger partial charge in [-0.2, -0.15) is 11.8 Å². The van der Waals surface area contributed by atoms with E-state index in [2.05, 4.69) is 36.5 Å². The third-order valence-electron chi connectivity index (χ3n) is 4.89. The summed E-state index contributed by atoms with van der Waals surface area (Å²) >= 11 is 7.89. The zero-order valence-electron chi connectivity index (χ0n) is 18.4. The molecule has 0 unspecified atom stereocenters. The second kappa shape index (κ2) is 12.1. The summed E-state index contributed by atoms with van der Waals surface area (Å²) < 4.78 is 27.6. The van der Waals surface area contributed by atoms with Crippen LogP contribution in [0, 0.1) is 6.92 Å². The van der Waals surface area contributed by atoms with E-state index < -0.39 is 10.0 Å². The molecule has 0 radical (unpaired) electrons. The predicted octanol–water partition coefficient (Wildman–Crippen LogP) is 5.28. The third kappa shape index (κ3) is 7.52. The molecule has 0 aromatic heterocycles. The maximum atomic E-state index is 13.2. The van der Waals surface area contributed by atoms with Gasteiger partial charge in [-0.3, -0.25) is 9.10 Å². The van der Waals surface area contributed by atoms with Crippen molar-refractivity contribution in [1.82, 2.24) is 5.32 Å². The Bertz CT molecular complexity index is 1150. The van der Waals surface area contributed by atoms with Gasteiger partial charge in [-0.25, -0.2) is 8.42 Å². The van der Waals surface area contributed by atoms with Gasteiger partial charge in [0, 0.05) is 17.3 Å². The Labute approximate surface area is 205 Å². The Kier molecular flexibility index (Phi) is 9.23. The Hall–Kier alpha value is -2.48. The molecule has 3 rings (SSSR count). The van der Waals surface area contributed by atoms with E-state index in [0.717, 1.165) is 22.2 Å². The second-order valence-electron chi connectivity index (χ2n) is 7.55. The number of thioether (sulfide) groups is 1. The first-order valence-electron chi connectivity index (χ1n) is 10.6. The zero-order valence-corrected chi connectivity index (χ0v) is 20.8. The van der Waals surface area contributed by atoms with Crippen LogP contribution in [0.4, 0.5) is 5.69 Å². The Morgan fingerprint density at radius 2 is 1.73 bits per heavy atom. The van der Waals surface area contributed by atoms with E-state index >= 15 is 0 Å². The fourth-order valence-corrected chi connectivity index (χ4v) is 5.67. The number of carbonyl (C=O) groups excluding carboxylic acids is 1. The summed E-state index contributed by atoms with van der Waals surface area (Å²) in [5.41, 5.74) is 2.86. The average molecular weight is 503 g/mol. The number of hydrogen-bond donors (Lipinski definition) is 1. The number of aryl methyl sites for hydroxylation is 1. The minimum atomic E-state index is -3.93. The minimum Gasteiger partial charge on any atom is -0.354 e. The largest absolute Gasteiger partial charge is 0.354 e. The van der Waals surface area contributed by atoms with Crippen LogP contribution in [0.2, 0.25) is 5.02 Å². The maximum Gasteiger partial charge on any atom is 0.264 e. The number of carbonyl (C=O) groups is 1. The van der Waals surface area contributed by atoms with Crippen molar-refractivity contribution in [3.05, 3.63) is 95.0 Å².